The molecule has 3 heterocycles. The lowest BCUT2D eigenvalue weighted by atomic mass is 10.2. The van der Waals surface area contributed by atoms with Gasteiger partial charge in [-0.05, 0) is 42.7 Å². The average Bonchev–Trinajstić information content (AvgIpc) is 3.60. The molecule has 33 heavy (non-hydrogen) atoms. The number of benzene rings is 3. The fourth-order valence-corrected chi connectivity index (χ4v) is 4.62. The molecular formula is C26H23N3O4. The first kappa shape index (κ1) is 19.7. The van der Waals surface area contributed by atoms with Crippen molar-refractivity contribution < 1.29 is 19.0 Å². The van der Waals surface area contributed by atoms with Gasteiger partial charge in [0.25, 0.3) is 0 Å². The number of ether oxygens (including phenoxy) is 3. The monoisotopic (exact) mass is 441 g/mol. The molecule has 166 valence electrons. The summed E-state index contributed by atoms with van der Waals surface area (Å²) in [5.41, 5.74) is 3.76. The second-order valence-electron chi connectivity index (χ2n) is 8.22. The van der Waals surface area contributed by atoms with Crippen LogP contribution < -0.4 is 9.47 Å². The standard InChI is InChI=1S/C26H23N3O4/c30-26(31-16-18-7-2-1-3-8-18)28-14-6-11-22(28)25-27-20-9-4-5-10-21(20)29(25)19-12-13-23-24(15-19)33-17-32-23/h1-5,7-10,12-13,15,22H,6,11,14,16-17H2. The van der Waals surface area contributed by atoms with Crippen LogP contribution in [0.25, 0.3) is 16.7 Å². The molecule has 3 aromatic carbocycles. The minimum atomic E-state index is -0.314. The number of para-hydroxylation sites is 2. The second kappa shape index (κ2) is 8.16. The van der Waals surface area contributed by atoms with Crippen molar-refractivity contribution in [3.63, 3.8) is 0 Å². The van der Waals surface area contributed by atoms with Gasteiger partial charge in [-0.25, -0.2) is 9.78 Å². The molecule has 0 spiro atoms. The normalized spacial score (nSPS) is 17.0. The van der Waals surface area contributed by atoms with Gasteiger partial charge in [-0.15, -0.1) is 0 Å². The number of hydrogen-bond donors (Lipinski definition) is 0. The van der Waals surface area contributed by atoms with Crippen LogP contribution in [0.15, 0.2) is 72.8 Å². The van der Waals surface area contributed by atoms with Gasteiger partial charge in [-0.1, -0.05) is 42.5 Å². The highest BCUT2D eigenvalue weighted by molar-refractivity contribution is 5.79. The number of amides is 1. The molecule has 1 amide bonds. The zero-order chi connectivity index (χ0) is 22.2. The molecule has 1 saturated heterocycles. The number of carbonyl (C=O) groups is 1. The Morgan fingerprint density at radius 2 is 1.82 bits per heavy atom. The van der Waals surface area contributed by atoms with E-state index in [4.69, 9.17) is 19.2 Å². The van der Waals surface area contributed by atoms with Crippen molar-refractivity contribution in [3.05, 3.63) is 84.2 Å². The molecule has 0 bridgehead atoms. The molecule has 0 N–H and O–H groups in total. The molecule has 0 saturated carbocycles. The zero-order valence-corrected chi connectivity index (χ0v) is 18.0. The molecule has 2 aliphatic heterocycles. The topological polar surface area (TPSA) is 65.8 Å². The Morgan fingerprint density at radius 1 is 1.00 bits per heavy atom. The Labute approximate surface area is 191 Å². The first-order valence-corrected chi connectivity index (χ1v) is 11.1. The maximum absolute atomic E-state index is 13.0. The van der Waals surface area contributed by atoms with E-state index >= 15 is 0 Å². The maximum atomic E-state index is 13.0. The molecule has 0 aliphatic carbocycles. The van der Waals surface area contributed by atoms with Crippen LogP contribution >= 0.6 is 0 Å². The van der Waals surface area contributed by atoms with Crippen LogP contribution in [0.5, 0.6) is 11.5 Å². The fourth-order valence-electron chi connectivity index (χ4n) is 4.62. The molecular weight excluding hydrogens is 418 g/mol. The molecule has 2 aliphatic rings. The molecule has 1 atom stereocenters. The van der Waals surface area contributed by atoms with E-state index in [1.165, 1.54) is 0 Å². The number of aromatic nitrogens is 2. The van der Waals surface area contributed by atoms with Crippen molar-refractivity contribution in [2.75, 3.05) is 13.3 Å². The van der Waals surface area contributed by atoms with Crippen molar-refractivity contribution >= 4 is 17.1 Å². The SMILES string of the molecule is O=C(OCc1ccccc1)N1CCCC1c1nc2ccccc2n1-c1ccc2c(c1)OCO2. The van der Waals surface area contributed by atoms with E-state index in [1.54, 1.807) is 4.90 Å². The van der Waals surface area contributed by atoms with E-state index in [0.717, 1.165) is 46.7 Å². The predicted molar refractivity (Wildman–Crippen MR) is 123 cm³/mol. The van der Waals surface area contributed by atoms with Crippen LogP contribution in [0.4, 0.5) is 4.79 Å². The highest BCUT2D eigenvalue weighted by Gasteiger charge is 2.35. The summed E-state index contributed by atoms with van der Waals surface area (Å²) in [6, 6.07) is 23.4. The molecule has 1 fully saturated rings. The summed E-state index contributed by atoms with van der Waals surface area (Å²) in [6.07, 6.45) is 1.41. The fraction of sp³-hybridized carbons (Fsp3) is 0.231. The Balaban J connectivity index is 1.36. The van der Waals surface area contributed by atoms with E-state index < -0.39 is 0 Å². The summed E-state index contributed by atoms with van der Waals surface area (Å²) >= 11 is 0. The lowest BCUT2D eigenvalue weighted by Crippen LogP contribution is -2.32. The van der Waals surface area contributed by atoms with Gasteiger partial charge < -0.3 is 14.2 Å². The van der Waals surface area contributed by atoms with Gasteiger partial charge in [0.15, 0.2) is 11.5 Å². The lowest BCUT2D eigenvalue weighted by molar-refractivity contribution is 0.0907. The van der Waals surface area contributed by atoms with Crippen molar-refractivity contribution in [2.45, 2.75) is 25.5 Å². The van der Waals surface area contributed by atoms with Gasteiger partial charge in [0.2, 0.25) is 6.79 Å². The zero-order valence-electron chi connectivity index (χ0n) is 18.0. The number of carbonyl (C=O) groups excluding carboxylic acids is 1. The van der Waals surface area contributed by atoms with E-state index in [-0.39, 0.29) is 25.5 Å². The minimum Gasteiger partial charge on any atom is -0.454 e. The number of rotatable bonds is 4. The first-order valence-electron chi connectivity index (χ1n) is 11.1. The van der Waals surface area contributed by atoms with Crippen LogP contribution in [0.2, 0.25) is 0 Å². The summed E-state index contributed by atoms with van der Waals surface area (Å²) in [4.78, 5) is 19.8. The third-order valence-electron chi connectivity index (χ3n) is 6.19. The molecule has 1 aromatic heterocycles. The van der Waals surface area contributed by atoms with Crippen LogP contribution in [-0.4, -0.2) is 33.9 Å². The summed E-state index contributed by atoms with van der Waals surface area (Å²) in [5.74, 6) is 2.27. The molecule has 1 unspecified atom stereocenters. The molecule has 7 nitrogen and oxygen atoms in total. The largest absolute Gasteiger partial charge is 0.454 e. The Bertz CT molecular complexity index is 1320. The van der Waals surface area contributed by atoms with Gasteiger partial charge in [0.05, 0.1) is 22.8 Å². The smallest absolute Gasteiger partial charge is 0.410 e. The number of likely N-dealkylation sites (tertiary alicyclic amines) is 1. The van der Waals surface area contributed by atoms with Crippen LogP contribution in [0.3, 0.4) is 0 Å². The quantitative estimate of drug-likeness (QED) is 0.434. The van der Waals surface area contributed by atoms with E-state index in [1.807, 2.05) is 72.8 Å². The van der Waals surface area contributed by atoms with Gasteiger partial charge in [0, 0.05) is 12.6 Å². The molecule has 6 rings (SSSR count). The number of imidazole rings is 1. The third kappa shape index (κ3) is 3.55. The number of fused-ring (bicyclic) bond motifs is 2. The second-order valence-corrected chi connectivity index (χ2v) is 8.22. The van der Waals surface area contributed by atoms with Crippen molar-refractivity contribution in [3.8, 4) is 17.2 Å². The van der Waals surface area contributed by atoms with Crippen LogP contribution in [0.1, 0.15) is 30.3 Å². The minimum absolute atomic E-state index is 0.175. The number of nitrogens with zero attached hydrogens (tertiary/aromatic N) is 3. The van der Waals surface area contributed by atoms with Gasteiger partial charge in [-0.3, -0.25) is 9.47 Å². The Morgan fingerprint density at radius 3 is 2.73 bits per heavy atom. The lowest BCUT2D eigenvalue weighted by Gasteiger charge is -2.24. The third-order valence-corrected chi connectivity index (χ3v) is 6.19. The Hall–Kier alpha value is -4.00. The van der Waals surface area contributed by atoms with E-state index in [2.05, 4.69) is 4.57 Å². The summed E-state index contributed by atoms with van der Waals surface area (Å²) in [7, 11) is 0. The Kier molecular flexibility index (Phi) is 4.87. The summed E-state index contributed by atoms with van der Waals surface area (Å²) < 4.78 is 18.9. The first-order chi connectivity index (χ1) is 16.3. The number of hydrogen-bond acceptors (Lipinski definition) is 5. The van der Waals surface area contributed by atoms with Gasteiger partial charge in [-0.2, -0.15) is 0 Å². The van der Waals surface area contributed by atoms with Crippen LogP contribution in [-0.2, 0) is 11.3 Å². The summed E-state index contributed by atoms with van der Waals surface area (Å²) in [6.45, 7) is 1.12. The highest BCUT2D eigenvalue weighted by Crippen LogP contribution is 2.38. The van der Waals surface area contributed by atoms with Crippen molar-refractivity contribution in [2.24, 2.45) is 0 Å². The predicted octanol–water partition coefficient (Wildman–Crippen LogP) is 5.23. The van der Waals surface area contributed by atoms with Crippen LogP contribution in [0, 0.1) is 0 Å². The maximum Gasteiger partial charge on any atom is 0.410 e. The van der Waals surface area contributed by atoms with E-state index in [9.17, 15) is 4.79 Å². The van der Waals surface area contributed by atoms with E-state index in [0.29, 0.717) is 12.3 Å². The molecule has 7 heteroatoms. The molecule has 0 radical (unpaired) electrons. The van der Waals surface area contributed by atoms with Gasteiger partial charge >= 0.3 is 6.09 Å². The average molecular weight is 441 g/mol. The van der Waals surface area contributed by atoms with Crippen molar-refractivity contribution in [1.29, 1.82) is 0 Å². The molecule has 4 aromatic rings. The summed E-state index contributed by atoms with van der Waals surface area (Å²) in [5, 5.41) is 0. The highest BCUT2D eigenvalue weighted by atomic mass is 16.7. The van der Waals surface area contributed by atoms with Crippen molar-refractivity contribution in [1.82, 2.24) is 14.5 Å². The van der Waals surface area contributed by atoms with Gasteiger partial charge in [0.1, 0.15) is 12.4 Å².